The lowest BCUT2D eigenvalue weighted by molar-refractivity contribution is -0.150. The monoisotopic (exact) mass is 273 g/mol. The molecule has 20 heavy (non-hydrogen) atoms. The van der Waals surface area contributed by atoms with Crippen molar-refractivity contribution in [1.82, 2.24) is 4.98 Å². The Kier molecular flexibility index (Phi) is 3.13. The van der Waals surface area contributed by atoms with Crippen LogP contribution in [0.1, 0.15) is 39.2 Å². The number of aromatic nitrogens is 1. The summed E-state index contributed by atoms with van der Waals surface area (Å²) in [7, 11) is 0. The van der Waals surface area contributed by atoms with Gasteiger partial charge in [0.25, 0.3) is 0 Å². The van der Waals surface area contributed by atoms with Gasteiger partial charge < -0.3 is 9.47 Å². The van der Waals surface area contributed by atoms with Crippen LogP contribution in [0.2, 0.25) is 0 Å². The van der Waals surface area contributed by atoms with Crippen molar-refractivity contribution in [3.05, 3.63) is 35.7 Å². The molecule has 0 amide bonds. The van der Waals surface area contributed by atoms with Crippen LogP contribution < -0.4 is 0 Å². The minimum Gasteiger partial charge on any atom is -0.457 e. The first-order valence-corrected chi connectivity index (χ1v) is 6.99. The van der Waals surface area contributed by atoms with Gasteiger partial charge >= 0.3 is 5.97 Å². The van der Waals surface area contributed by atoms with Gasteiger partial charge in [-0.15, -0.1) is 0 Å². The maximum absolute atomic E-state index is 12.5. The third-order valence-electron chi connectivity index (χ3n) is 3.56. The van der Waals surface area contributed by atoms with E-state index < -0.39 is 5.60 Å². The molecule has 3 heterocycles. The van der Waals surface area contributed by atoms with Crippen LogP contribution in [-0.4, -0.2) is 28.8 Å². The SMILES string of the molecule is CC(C)(C)OC(=O)C1=C(c2ccncc2)C2CCC1O2. The Bertz CT molecular complexity index is 557. The van der Waals surface area contributed by atoms with Crippen LogP contribution in [0.4, 0.5) is 0 Å². The quantitative estimate of drug-likeness (QED) is 0.777. The average Bonchev–Trinajstić information content (AvgIpc) is 2.97. The molecule has 0 aliphatic carbocycles. The fourth-order valence-corrected chi connectivity index (χ4v) is 2.86. The first-order chi connectivity index (χ1) is 9.46. The predicted molar refractivity (Wildman–Crippen MR) is 74.9 cm³/mol. The number of hydrogen-bond donors (Lipinski definition) is 0. The molecule has 1 aromatic heterocycles. The van der Waals surface area contributed by atoms with E-state index in [9.17, 15) is 4.79 Å². The minimum atomic E-state index is -0.491. The number of esters is 1. The van der Waals surface area contributed by atoms with Gasteiger partial charge in [-0.05, 0) is 51.3 Å². The highest BCUT2D eigenvalue weighted by atomic mass is 16.6. The summed E-state index contributed by atoms with van der Waals surface area (Å²) < 4.78 is 11.4. The van der Waals surface area contributed by atoms with Gasteiger partial charge in [0, 0.05) is 18.0 Å². The fraction of sp³-hybridized carbons (Fsp3) is 0.500. The number of hydrogen-bond acceptors (Lipinski definition) is 4. The van der Waals surface area contributed by atoms with Crippen molar-refractivity contribution in [2.45, 2.75) is 51.4 Å². The molecule has 2 atom stereocenters. The maximum atomic E-state index is 12.5. The number of pyridine rings is 1. The van der Waals surface area contributed by atoms with E-state index in [4.69, 9.17) is 9.47 Å². The zero-order valence-corrected chi connectivity index (χ0v) is 12.1. The first-order valence-electron chi connectivity index (χ1n) is 6.99. The molecule has 2 aliphatic heterocycles. The second kappa shape index (κ2) is 4.70. The van der Waals surface area contributed by atoms with Crippen LogP contribution >= 0.6 is 0 Å². The van der Waals surface area contributed by atoms with E-state index in [1.807, 2.05) is 32.9 Å². The summed E-state index contributed by atoms with van der Waals surface area (Å²) in [5.74, 6) is -0.253. The third-order valence-corrected chi connectivity index (χ3v) is 3.56. The molecule has 1 saturated heterocycles. The molecule has 106 valence electrons. The van der Waals surface area contributed by atoms with E-state index in [2.05, 4.69) is 4.98 Å². The molecule has 0 spiro atoms. The molecule has 0 saturated carbocycles. The van der Waals surface area contributed by atoms with E-state index >= 15 is 0 Å². The molecule has 1 aromatic rings. The zero-order chi connectivity index (χ0) is 14.3. The lowest BCUT2D eigenvalue weighted by Gasteiger charge is -2.23. The van der Waals surface area contributed by atoms with Crippen molar-refractivity contribution < 1.29 is 14.3 Å². The normalized spacial score (nSPS) is 25.1. The minimum absolute atomic E-state index is 0.0184. The molecule has 2 unspecified atom stereocenters. The summed E-state index contributed by atoms with van der Waals surface area (Å²) in [6.07, 6.45) is 5.24. The van der Waals surface area contributed by atoms with Crippen LogP contribution in [0.15, 0.2) is 30.1 Å². The van der Waals surface area contributed by atoms with Gasteiger partial charge in [0.05, 0.1) is 17.8 Å². The van der Waals surface area contributed by atoms with E-state index in [1.165, 1.54) is 0 Å². The Morgan fingerprint density at radius 3 is 2.55 bits per heavy atom. The van der Waals surface area contributed by atoms with Crippen molar-refractivity contribution in [1.29, 1.82) is 0 Å². The largest absolute Gasteiger partial charge is 0.457 e. The molecule has 2 aliphatic rings. The highest BCUT2D eigenvalue weighted by Gasteiger charge is 2.45. The van der Waals surface area contributed by atoms with E-state index in [0.29, 0.717) is 5.57 Å². The third kappa shape index (κ3) is 2.36. The summed E-state index contributed by atoms with van der Waals surface area (Å²) in [5, 5.41) is 0. The number of ether oxygens (including phenoxy) is 2. The molecular formula is C16H19NO3. The molecule has 0 N–H and O–H groups in total. The molecule has 2 bridgehead atoms. The van der Waals surface area contributed by atoms with Crippen molar-refractivity contribution in [2.24, 2.45) is 0 Å². The standard InChI is InChI=1S/C16H19NO3/c1-16(2,3)20-15(18)14-12-5-4-11(19-12)13(14)10-6-8-17-9-7-10/h6-9,11-12H,4-5H2,1-3H3. The topological polar surface area (TPSA) is 48.4 Å². The number of carbonyl (C=O) groups excluding carboxylic acids is 1. The lowest BCUT2D eigenvalue weighted by atomic mass is 9.87. The molecule has 4 nitrogen and oxygen atoms in total. The lowest BCUT2D eigenvalue weighted by Crippen LogP contribution is -2.28. The Balaban J connectivity index is 2.00. The van der Waals surface area contributed by atoms with Gasteiger partial charge in [0.2, 0.25) is 0 Å². The van der Waals surface area contributed by atoms with Gasteiger partial charge in [0.15, 0.2) is 0 Å². The number of nitrogens with zero attached hydrogens (tertiary/aromatic N) is 1. The second-order valence-corrected chi connectivity index (χ2v) is 6.26. The van der Waals surface area contributed by atoms with Crippen LogP contribution in [0.25, 0.3) is 5.57 Å². The molecule has 1 fully saturated rings. The number of rotatable bonds is 2. The Morgan fingerprint density at radius 1 is 1.25 bits per heavy atom. The highest BCUT2D eigenvalue weighted by molar-refractivity contribution is 6.01. The summed E-state index contributed by atoms with van der Waals surface area (Å²) in [5.41, 5.74) is 2.20. The molecule has 4 heteroatoms. The van der Waals surface area contributed by atoms with E-state index in [-0.39, 0.29) is 18.2 Å². The van der Waals surface area contributed by atoms with Gasteiger partial charge in [-0.2, -0.15) is 0 Å². The van der Waals surface area contributed by atoms with Crippen molar-refractivity contribution >= 4 is 11.5 Å². The van der Waals surface area contributed by atoms with E-state index in [1.54, 1.807) is 12.4 Å². The average molecular weight is 273 g/mol. The second-order valence-electron chi connectivity index (χ2n) is 6.26. The summed E-state index contributed by atoms with van der Waals surface area (Å²) in [6.45, 7) is 5.64. The van der Waals surface area contributed by atoms with Gasteiger partial charge in [-0.25, -0.2) is 4.79 Å². The van der Waals surface area contributed by atoms with Crippen LogP contribution in [0.5, 0.6) is 0 Å². The van der Waals surface area contributed by atoms with Crippen LogP contribution in [-0.2, 0) is 14.3 Å². The highest BCUT2D eigenvalue weighted by Crippen LogP contribution is 2.44. The molecular weight excluding hydrogens is 254 g/mol. The smallest absolute Gasteiger partial charge is 0.337 e. The first kappa shape index (κ1) is 13.3. The van der Waals surface area contributed by atoms with Crippen molar-refractivity contribution in [2.75, 3.05) is 0 Å². The summed E-state index contributed by atoms with van der Waals surface area (Å²) in [6, 6.07) is 3.84. The van der Waals surface area contributed by atoms with Gasteiger partial charge in [0.1, 0.15) is 5.60 Å². The van der Waals surface area contributed by atoms with Crippen molar-refractivity contribution in [3.8, 4) is 0 Å². The summed E-state index contributed by atoms with van der Waals surface area (Å²) >= 11 is 0. The van der Waals surface area contributed by atoms with Gasteiger partial charge in [-0.1, -0.05) is 0 Å². The number of carbonyl (C=O) groups is 1. The Morgan fingerprint density at radius 2 is 1.90 bits per heavy atom. The van der Waals surface area contributed by atoms with E-state index in [0.717, 1.165) is 24.0 Å². The van der Waals surface area contributed by atoms with Crippen LogP contribution in [0, 0.1) is 0 Å². The summed E-state index contributed by atoms with van der Waals surface area (Å²) in [4.78, 5) is 16.5. The maximum Gasteiger partial charge on any atom is 0.337 e. The number of fused-ring (bicyclic) bond motifs is 2. The zero-order valence-electron chi connectivity index (χ0n) is 12.1. The Hall–Kier alpha value is -1.68. The van der Waals surface area contributed by atoms with Crippen LogP contribution in [0.3, 0.4) is 0 Å². The molecule has 0 aromatic carbocycles. The molecule has 0 radical (unpaired) electrons. The molecule has 3 rings (SSSR count). The fourth-order valence-electron chi connectivity index (χ4n) is 2.86. The predicted octanol–water partition coefficient (Wildman–Crippen LogP) is 2.74. The van der Waals surface area contributed by atoms with Gasteiger partial charge in [-0.3, -0.25) is 4.98 Å². The Labute approximate surface area is 118 Å². The van der Waals surface area contributed by atoms with Crippen molar-refractivity contribution in [3.63, 3.8) is 0 Å².